The number of nitrogens with zero attached hydrogens (tertiary/aromatic N) is 4. The van der Waals surface area contributed by atoms with E-state index in [0.717, 1.165) is 23.1 Å². The molecule has 1 N–H and O–H groups in total. The number of halogens is 1. The normalized spacial score (nSPS) is 18.1. The van der Waals surface area contributed by atoms with Crippen LogP contribution in [-0.4, -0.2) is 39.6 Å². The van der Waals surface area contributed by atoms with Gasteiger partial charge in [0.25, 0.3) is 5.89 Å². The summed E-state index contributed by atoms with van der Waals surface area (Å²) in [6.45, 7) is 2.53. The smallest absolute Gasteiger partial charge is 0.257 e. The van der Waals surface area contributed by atoms with Crippen molar-refractivity contribution in [1.29, 1.82) is 5.26 Å². The minimum Gasteiger partial charge on any atom is -0.348 e. The van der Waals surface area contributed by atoms with E-state index < -0.39 is 0 Å². The van der Waals surface area contributed by atoms with E-state index in [-0.39, 0.29) is 18.0 Å². The number of aromatic nitrogens is 2. The van der Waals surface area contributed by atoms with Gasteiger partial charge in [-0.3, -0.25) is 4.79 Å². The Labute approximate surface area is 191 Å². The van der Waals surface area contributed by atoms with E-state index in [4.69, 9.17) is 21.4 Å². The summed E-state index contributed by atoms with van der Waals surface area (Å²) in [5, 5.41) is 16.7. The lowest BCUT2D eigenvalue weighted by Gasteiger charge is -2.11. The van der Waals surface area contributed by atoms with Crippen LogP contribution < -0.4 is 5.32 Å². The highest BCUT2D eigenvalue weighted by atomic mass is 35.5. The van der Waals surface area contributed by atoms with Gasteiger partial charge in [-0.05, 0) is 54.8 Å². The molecule has 1 aliphatic rings. The fourth-order valence-corrected chi connectivity index (χ4v) is 3.92. The van der Waals surface area contributed by atoms with Crippen LogP contribution in [0.1, 0.15) is 30.3 Å². The zero-order chi connectivity index (χ0) is 22.5. The highest BCUT2D eigenvalue weighted by Gasteiger charge is 2.28. The van der Waals surface area contributed by atoms with Crippen LogP contribution in [0.4, 0.5) is 0 Å². The molecule has 162 valence electrons. The first kappa shape index (κ1) is 21.6. The van der Waals surface area contributed by atoms with Crippen LogP contribution in [0, 0.1) is 11.5 Å². The van der Waals surface area contributed by atoms with Crippen molar-refractivity contribution in [3.8, 4) is 17.6 Å². The van der Waals surface area contributed by atoms with Gasteiger partial charge in [0.05, 0.1) is 0 Å². The van der Waals surface area contributed by atoms with E-state index in [0.29, 0.717) is 29.7 Å². The zero-order valence-electron chi connectivity index (χ0n) is 17.5. The number of amides is 1. The lowest BCUT2D eigenvalue weighted by atomic mass is 10.1. The first-order valence-electron chi connectivity index (χ1n) is 10.3. The van der Waals surface area contributed by atoms with Crippen molar-refractivity contribution in [2.24, 2.45) is 0 Å². The molecule has 1 saturated heterocycles. The fourth-order valence-electron chi connectivity index (χ4n) is 3.71. The van der Waals surface area contributed by atoms with Crippen LogP contribution >= 0.6 is 11.6 Å². The molecule has 0 aliphatic carbocycles. The van der Waals surface area contributed by atoms with Gasteiger partial charge in [-0.25, -0.2) is 0 Å². The van der Waals surface area contributed by atoms with Crippen LogP contribution in [0.15, 0.2) is 59.1 Å². The Kier molecular flexibility index (Phi) is 6.52. The second kappa shape index (κ2) is 9.67. The molecule has 1 fully saturated rings. The van der Waals surface area contributed by atoms with Crippen molar-refractivity contribution in [1.82, 2.24) is 20.4 Å². The second-order valence-corrected chi connectivity index (χ2v) is 8.26. The van der Waals surface area contributed by atoms with Crippen molar-refractivity contribution < 1.29 is 9.32 Å². The van der Waals surface area contributed by atoms with E-state index >= 15 is 0 Å². The standard InChI is InChI=1S/C24H22ClN5O2/c1-16-11-21(14-30(16)15-26)27-23(31)10-7-17-5-8-19(9-6-17)24-28-22(29-32-24)13-18-3-2-4-20(25)12-18/h2-10,12,16,21H,11,13-14H2,1H3,(H,27,31)/b10-7+/t16-,21-/m1/s1. The van der Waals surface area contributed by atoms with Crippen molar-refractivity contribution >= 4 is 23.6 Å². The molecular weight excluding hydrogens is 426 g/mol. The number of hydrogen-bond donors (Lipinski definition) is 1. The average Bonchev–Trinajstić information content (AvgIpc) is 3.38. The van der Waals surface area contributed by atoms with E-state index in [1.807, 2.05) is 55.5 Å². The molecular formula is C24H22ClN5O2. The molecule has 0 radical (unpaired) electrons. The van der Waals surface area contributed by atoms with Crippen LogP contribution in [0.25, 0.3) is 17.5 Å². The summed E-state index contributed by atoms with van der Waals surface area (Å²) in [7, 11) is 0. The molecule has 2 aromatic carbocycles. The number of rotatable bonds is 6. The third kappa shape index (κ3) is 5.34. The first-order valence-corrected chi connectivity index (χ1v) is 10.7. The molecule has 1 aromatic heterocycles. The van der Waals surface area contributed by atoms with Crippen molar-refractivity contribution in [3.05, 3.63) is 76.6 Å². The molecule has 2 atom stereocenters. The minimum absolute atomic E-state index is 0.0113. The summed E-state index contributed by atoms with van der Waals surface area (Å²) in [4.78, 5) is 18.3. The molecule has 1 amide bonds. The molecule has 7 nitrogen and oxygen atoms in total. The predicted octanol–water partition coefficient (Wildman–Crippen LogP) is 4.05. The number of hydrogen-bond acceptors (Lipinski definition) is 6. The summed E-state index contributed by atoms with van der Waals surface area (Å²) in [6.07, 6.45) is 6.71. The number of nitriles is 1. The summed E-state index contributed by atoms with van der Waals surface area (Å²) in [5.41, 5.74) is 2.69. The van der Waals surface area contributed by atoms with Gasteiger partial charge >= 0.3 is 0 Å². The van der Waals surface area contributed by atoms with Crippen LogP contribution in [-0.2, 0) is 11.2 Å². The Balaban J connectivity index is 1.34. The fraction of sp³-hybridized carbons (Fsp3) is 0.250. The first-order chi connectivity index (χ1) is 15.5. The number of carbonyl (C=O) groups is 1. The van der Waals surface area contributed by atoms with Gasteiger partial charge in [0.1, 0.15) is 0 Å². The number of likely N-dealkylation sites (tertiary alicyclic amines) is 1. The van der Waals surface area contributed by atoms with E-state index in [9.17, 15) is 4.79 Å². The maximum atomic E-state index is 12.2. The van der Waals surface area contributed by atoms with Gasteiger partial charge in [0.15, 0.2) is 12.0 Å². The molecule has 0 unspecified atom stereocenters. The summed E-state index contributed by atoms with van der Waals surface area (Å²) in [6, 6.07) is 15.2. The van der Waals surface area contributed by atoms with Gasteiger partial charge < -0.3 is 14.7 Å². The summed E-state index contributed by atoms with van der Waals surface area (Å²) in [5.74, 6) is 0.848. The number of benzene rings is 2. The lowest BCUT2D eigenvalue weighted by Crippen LogP contribution is -2.35. The Morgan fingerprint density at radius 2 is 2.16 bits per heavy atom. The maximum absolute atomic E-state index is 12.2. The molecule has 0 spiro atoms. The zero-order valence-corrected chi connectivity index (χ0v) is 18.3. The molecule has 1 aliphatic heterocycles. The van der Waals surface area contributed by atoms with Gasteiger partial charge in [-0.2, -0.15) is 10.2 Å². The highest BCUT2D eigenvalue weighted by molar-refractivity contribution is 6.30. The molecule has 8 heteroatoms. The van der Waals surface area contributed by atoms with Gasteiger partial charge in [-0.15, -0.1) is 0 Å². The van der Waals surface area contributed by atoms with E-state index in [1.165, 1.54) is 6.08 Å². The summed E-state index contributed by atoms with van der Waals surface area (Å²) >= 11 is 6.02. The Morgan fingerprint density at radius 1 is 1.34 bits per heavy atom. The third-order valence-corrected chi connectivity index (χ3v) is 5.59. The van der Waals surface area contributed by atoms with Gasteiger partial charge in [0.2, 0.25) is 5.91 Å². The Bertz CT molecular complexity index is 1170. The molecule has 3 aromatic rings. The predicted molar refractivity (Wildman–Crippen MR) is 121 cm³/mol. The van der Waals surface area contributed by atoms with Crippen LogP contribution in [0.5, 0.6) is 0 Å². The van der Waals surface area contributed by atoms with E-state index in [2.05, 4.69) is 21.7 Å². The maximum Gasteiger partial charge on any atom is 0.257 e. The second-order valence-electron chi connectivity index (χ2n) is 7.82. The molecule has 32 heavy (non-hydrogen) atoms. The lowest BCUT2D eigenvalue weighted by molar-refractivity contribution is -0.117. The quantitative estimate of drug-likeness (QED) is 0.452. The molecule has 2 heterocycles. The SMILES string of the molecule is C[C@@H]1C[C@@H](NC(=O)/C=C/c2ccc(-c3nc(Cc4cccc(Cl)c4)no3)cc2)CN1C#N. The molecule has 0 bridgehead atoms. The highest BCUT2D eigenvalue weighted by Crippen LogP contribution is 2.20. The van der Waals surface area contributed by atoms with Crippen LogP contribution in [0.2, 0.25) is 5.02 Å². The average molecular weight is 448 g/mol. The molecule has 0 saturated carbocycles. The third-order valence-electron chi connectivity index (χ3n) is 5.35. The van der Waals surface area contributed by atoms with Gasteiger partial charge in [0, 0.05) is 41.7 Å². The van der Waals surface area contributed by atoms with Crippen LogP contribution in [0.3, 0.4) is 0 Å². The number of nitrogens with one attached hydrogen (secondary N) is 1. The monoisotopic (exact) mass is 447 g/mol. The molecule has 4 rings (SSSR count). The van der Waals surface area contributed by atoms with Gasteiger partial charge in [-0.1, -0.05) is 41.0 Å². The van der Waals surface area contributed by atoms with E-state index in [1.54, 1.807) is 11.0 Å². The topological polar surface area (TPSA) is 95.1 Å². The summed E-state index contributed by atoms with van der Waals surface area (Å²) < 4.78 is 5.39. The minimum atomic E-state index is -0.173. The largest absolute Gasteiger partial charge is 0.348 e. The van der Waals surface area contributed by atoms with Crippen molar-refractivity contribution in [2.45, 2.75) is 31.8 Å². The Hall–Kier alpha value is -3.63. The number of carbonyl (C=O) groups excluding carboxylic acids is 1. The van der Waals surface area contributed by atoms with Crippen molar-refractivity contribution in [2.75, 3.05) is 6.54 Å². The Morgan fingerprint density at radius 3 is 2.88 bits per heavy atom. The van der Waals surface area contributed by atoms with Crippen molar-refractivity contribution in [3.63, 3.8) is 0 Å².